The van der Waals surface area contributed by atoms with E-state index >= 15 is 0 Å². The van der Waals surface area contributed by atoms with Crippen LogP contribution >= 0.6 is 11.6 Å². The maximum atomic E-state index is 10.3. The van der Waals surface area contributed by atoms with Gasteiger partial charge in [-0.2, -0.15) is 4.98 Å². The van der Waals surface area contributed by atoms with Crippen molar-refractivity contribution in [1.29, 1.82) is 0 Å². The molecule has 1 aromatic rings. The lowest BCUT2D eigenvalue weighted by Crippen LogP contribution is -2.06. The van der Waals surface area contributed by atoms with Gasteiger partial charge in [0.15, 0.2) is 0 Å². The van der Waals surface area contributed by atoms with Crippen LogP contribution in [0.25, 0.3) is 0 Å². The summed E-state index contributed by atoms with van der Waals surface area (Å²) in [5, 5.41) is 11.9. The number of hydrogen-bond donors (Lipinski definition) is 1. The second kappa shape index (κ2) is 2.26. The lowest BCUT2D eigenvalue weighted by molar-refractivity contribution is 0.0678. The van der Waals surface area contributed by atoms with Gasteiger partial charge in [-0.25, -0.2) is 9.48 Å². The van der Waals surface area contributed by atoms with Crippen LogP contribution in [0.3, 0.4) is 0 Å². The summed E-state index contributed by atoms with van der Waals surface area (Å²) >= 11 is 5.30. The van der Waals surface area contributed by atoms with Crippen molar-refractivity contribution in [2.45, 2.75) is 0 Å². The van der Waals surface area contributed by atoms with E-state index in [1.807, 2.05) is 0 Å². The van der Waals surface area contributed by atoms with Gasteiger partial charge in [0.25, 0.3) is 0 Å². The first kappa shape index (κ1) is 7.01. The molecule has 0 saturated heterocycles. The molecule has 0 atom stereocenters. The fourth-order valence-corrected chi connectivity index (χ4v) is 0.733. The summed E-state index contributed by atoms with van der Waals surface area (Å²) in [6.07, 6.45) is 0. The molecule has 0 aliphatic rings. The van der Waals surface area contributed by atoms with Gasteiger partial charge in [0, 0.05) is 7.05 Å². The number of carboxylic acids is 1. The monoisotopic (exact) mass is 161 g/mol. The Labute approximate surface area is 61.2 Å². The Hall–Kier alpha value is -1.10. The Morgan fingerprint density at radius 2 is 2.40 bits per heavy atom. The molecule has 0 amide bonds. The summed E-state index contributed by atoms with van der Waals surface area (Å²) < 4.78 is 1.10. The number of nitrogens with zero attached hydrogens (tertiary/aromatic N) is 3. The molecule has 1 rings (SSSR count). The lowest BCUT2D eigenvalue weighted by Gasteiger charge is -1.88. The molecule has 0 bridgehead atoms. The topological polar surface area (TPSA) is 68.0 Å². The highest BCUT2D eigenvalue weighted by atomic mass is 35.5. The van der Waals surface area contributed by atoms with E-state index in [0.29, 0.717) is 0 Å². The summed E-state index contributed by atoms with van der Waals surface area (Å²) in [6, 6.07) is 0. The predicted octanol–water partition coefficient (Wildman–Crippen LogP) is 0.167. The highest BCUT2D eigenvalue weighted by molar-refractivity contribution is 6.28. The number of hydrogen-bond acceptors (Lipinski definition) is 3. The third kappa shape index (κ3) is 1.08. The summed E-state index contributed by atoms with van der Waals surface area (Å²) in [5.74, 6) is -1.30. The number of halogens is 1. The quantitative estimate of drug-likeness (QED) is 0.638. The second-order valence-electron chi connectivity index (χ2n) is 1.63. The molecule has 0 radical (unpaired) electrons. The minimum absolute atomic E-state index is 0.0556. The molecule has 6 heteroatoms. The van der Waals surface area contributed by atoms with Crippen LogP contribution in [0.2, 0.25) is 5.28 Å². The highest BCUT2D eigenvalue weighted by Crippen LogP contribution is 2.01. The fraction of sp³-hybridized carbons (Fsp3) is 0.250. The Morgan fingerprint density at radius 3 is 2.60 bits per heavy atom. The van der Waals surface area contributed by atoms with Crippen molar-refractivity contribution < 1.29 is 9.90 Å². The molecule has 5 nitrogen and oxygen atoms in total. The molecule has 1 N–H and O–H groups in total. The first-order valence-corrected chi connectivity index (χ1v) is 2.79. The molecule has 0 saturated carbocycles. The van der Waals surface area contributed by atoms with Gasteiger partial charge in [0.05, 0.1) is 0 Å². The molecular formula is C4H4ClN3O2. The van der Waals surface area contributed by atoms with Crippen LogP contribution in [-0.2, 0) is 7.05 Å². The largest absolute Gasteiger partial charge is 0.475 e. The van der Waals surface area contributed by atoms with Gasteiger partial charge in [-0.15, -0.1) is 5.10 Å². The van der Waals surface area contributed by atoms with Gasteiger partial charge in [-0.3, -0.25) is 0 Å². The fourth-order valence-electron chi connectivity index (χ4n) is 0.539. The van der Waals surface area contributed by atoms with Crippen molar-refractivity contribution >= 4 is 17.6 Å². The van der Waals surface area contributed by atoms with E-state index in [4.69, 9.17) is 16.7 Å². The Kier molecular flexibility index (Phi) is 1.58. The summed E-state index contributed by atoms with van der Waals surface area (Å²) in [4.78, 5) is 13.7. The van der Waals surface area contributed by atoms with E-state index in [-0.39, 0.29) is 11.1 Å². The molecule has 10 heavy (non-hydrogen) atoms. The van der Waals surface area contributed by atoms with Crippen LogP contribution in [0, 0.1) is 0 Å². The van der Waals surface area contributed by atoms with Crippen LogP contribution in [0.15, 0.2) is 0 Å². The zero-order valence-electron chi connectivity index (χ0n) is 5.08. The van der Waals surface area contributed by atoms with Crippen molar-refractivity contribution in [2.75, 3.05) is 0 Å². The minimum Gasteiger partial charge on any atom is -0.475 e. The standard InChI is InChI=1S/C4H4ClN3O2/c1-8-2(3(9)10)6-4(5)7-8/h1H3,(H,9,10). The number of carbonyl (C=O) groups is 1. The van der Waals surface area contributed by atoms with Crippen LogP contribution in [0.4, 0.5) is 0 Å². The second-order valence-corrected chi connectivity index (χ2v) is 1.97. The third-order valence-electron chi connectivity index (χ3n) is 0.928. The summed E-state index contributed by atoms with van der Waals surface area (Å²) in [6.45, 7) is 0. The molecule has 1 aromatic heterocycles. The van der Waals surface area contributed by atoms with Crippen LogP contribution in [0.5, 0.6) is 0 Å². The Morgan fingerprint density at radius 1 is 1.80 bits per heavy atom. The molecule has 0 aromatic carbocycles. The van der Waals surface area contributed by atoms with Gasteiger partial charge in [-0.05, 0) is 11.6 Å². The zero-order valence-corrected chi connectivity index (χ0v) is 5.83. The van der Waals surface area contributed by atoms with Crippen molar-refractivity contribution in [3.05, 3.63) is 11.1 Å². The van der Waals surface area contributed by atoms with E-state index < -0.39 is 5.97 Å². The SMILES string of the molecule is Cn1nc(Cl)nc1C(=O)O. The Bertz CT molecular complexity index is 269. The van der Waals surface area contributed by atoms with Gasteiger partial charge < -0.3 is 5.11 Å². The highest BCUT2D eigenvalue weighted by Gasteiger charge is 2.11. The van der Waals surface area contributed by atoms with E-state index in [9.17, 15) is 4.79 Å². The molecule has 54 valence electrons. The van der Waals surface area contributed by atoms with E-state index in [1.165, 1.54) is 7.05 Å². The average molecular weight is 162 g/mol. The van der Waals surface area contributed by atoms with Gasteiger partial charge in [0.2, 0.25) is 11.1 Å². The average Bonchev–Trinajstić information content (AvgIpc) is 2.10. The minimum atomic E-state index is -1.14. The van der Waals surface area contributed by atoms with Crippen molar-refractivity contribution in [3.63, 3.8) is 0 Å². The number of aryl methyl sites for hydroxylation is 1. The number of aromatic carboxylic acids is 1. The molecular weight excluding hydrogens is 158 g/mol. The van der Waals surface area contributed by atoms with E-state index in [1.54, 1.807) is 0 Å². The number of aromatic nitrogens is 3. The molecule has 1 heterocycles. The number of rotatable bonds is 1. The van der Waals surface area contributed by atoms with Crippen molar-refractivity contribution in [3.8, 4) is 0 Å². The van der Waals surface area contributed by atoms with E-state index in [0.717, 1.165) is 4.68 Å². The molecule has 0 aliphatic heterocycles. The Balaban J connectivity index is 3.15. The molecule has 0 unspecified atom stereocenters. The van der Waals surface area contributed by atoms with Gasteiger partial charge in [-0.1, -0.05) is 0 Å². The predicted molar refractivity (Wildman–Crippen MR) is 33.0 cm³/mol. The van der Waals surface area contributed by atoms with Crippen molar-refractivity contribution in [2.24, 2.45) is 7.05 Å². The number of carboxylic acid groups (broad SMARTS) is 1. The first-order valence-electron chi connectivity index (χ1n) is 2.41. The van der Waals surface area contributed by atoms with Gasteiger partial charge >= 0.3 is 5.97 Å². The van der Waals surface area contributed by atoms with Crippen LogP contribution < -0.4 is 0 Å². The third-order valence-corrected chi connectivity index (χ3v) is 1.09. The maximum absolute atomic E-state index is 10.3. The smallest absolute Gasteiger partial charge is 0.373 e. The molecule has 0 spiro atoms. The van der Waals surface area contributed by atoms with Crippen molar-refractivity contribution in [1.82, 2.24) is 14.8 Å². The van der Waals surface area contributed by atoms with Gasteiger partial charge in [0.1, 0.15) is 0 Å². The maximum Gasteiger partial charge on any atom is 0.373 e. The first-order chi connectivity index (χ1) is 4.61. The van der Waals surface area contributed by atoms with E-state index in [2.05, 4.69) is 10.1 Å². The van der Waals surface area contributed by atoms with Crippen LogP contribution in [0.1, 0.15) is 10.6 Å². The van der Waals surface area contributed by atoms with Crippen LogP contribution in [-0.4, -0.2) is 25.8 Å². The normalized spacial score (nSPS) is 9.80. The summed E-state index contributed by atoms with van der Waals surface area (Å²) in [7, 11) is 1.46. The molecule has 0 aliphatic carbocycles. The molecule has 0 fully saturated rings. The lowest BCUT2D eigenvalue weighted by atomic mass is 10.6. The zero-order chi connectivity index (χ0) is 7.72. The summed E-state index contributed by atoms with van der Waals surface area (Å²) in [5.41, 5.74) is 0.